The van der Waals surface area contributed by atoms with Gasteiger partial charge >= 0.3 is 0 Å². The van der Waals surface area contributed by atoms with Crippen LogP contribution in [0, 0.1) is 0 Å². The number of hydrogen-bond donors (Lipinski definition) is 2. The monoisotopic (exact) mass is 310 g/mol. The minimum atomic E-state index is -0.242. The van der Waals surface area contributed by atoms with E-state index in [0.717, 1.165) is 0 Å². The van der Waals surface area contributed by atoms with Crippen LogP contribution in [0.5, 0.6) is 5.75 Å². The lowest BCUT2D eigenvalue weighted by Gasteiger charge is -2.12. The summed E-state index contributed by atoms with van der Waals surface area (Å²) in [6.07, 6.45) is 0. The molecule has 1 amide bonds. The molecule has 0 radical (unpaired) electrons. The van der Waals surface area contributed by atoms with E-state index in [1.54, 1.807) is 24.3 Å². The first-order chi connectivity index (χ1) is 10.0. The highest BCUT2D eigenvalue weighted by Gasteiger charge is 2.08. The molecule has 116 valence electrons. The van der Waals surface area contributed by atoms with Crippen LogP contribution in [-0.2, 0) is 4.74 Å². The summed E-state index contributed by atoms with van der Waals surface area (Å²) >= 11 is 5.03. The normalized spacial score (nSPS) is 10.3. The van der Waals surface area contributed by atoms with Gasteiger partial charge in [-0.3, -0.25) is 10.1 Å². The van der Waals surface area contributed by atoms with Crippen molar-refractivity contribution in [2.24, 2.45) is 0 Å². The van der Waals surface area contributed by atoms with Crippen molar-refractivity contribution in [3.8, 4) is 5.75 Å². The van der Waals surface area contributed by atoms with Gasteiger partial charge in [0.25, 0.3) is 5.91 Å². The third-order valence-electron chi connectivity index (χ3n) is 2.46. The van der Waals surface area contributed by atoms with E-state index >= 15 is 0 Å². The van der Waals surface area contributed by atoms with Crippen LogP contribution in [-0.4, -0.2) is 36.9 Å². The van der Waals surface area contributed by atoms with Gasteiger partial charge in [0.15, 0.2) is 5.11 Å². The van der Waals surface area contributed by atoms with Gasteiger partial charge in [-0.25, -0.2) is 0 Å². The third kappa shape index (κ3) is 7.06. The number of rotatable bonds is 7. The second-order valence-corrected chi connectivity index (χ2v) is 5.06. The second kappa shape index (κ2) is 9.31. The lowest BCUT2D eigenvalue weighted by Crippen LogP contribution is -2.42. The molecule has 21 heavy (non-hydrogen) atoms. The second-order valence-electron chi connectivity index (χ2n) is 4.65. The van der Waals surface area contributed by atoms with E-state index in [2.05, 4.69) is 10.6 Å². The maximum atomic E-state index is 11.9. The van der Waals surface area contributed by atoms with Crippen molar-refractivity contribution in [1.82, 2.24) is 10.6 Å². The van der Waals surface area contributed by atoms with Crippen LogP contribution in [0.3, 0.4) is 0 Å². The maximum absolute atomic E-state index is 11.9. The summed E-state index contributed by atoms with van der Waals surface area (Å²) in [5, 5.41) is 5.91. The topological polar surface area (TPSA) is 59.6 Å². The zero-order valence-corrected chi connectivity index (χ0v) is 13.5. The van der Waals surface area contributed by atoms with Gasteiger partial charge in [-0.15, -0.1) is 0 Å². The summed E-state index contributed by atoms with van der Waals surface area (Å²) in [5.41, 5.74) is 0.528. The number of ether oxygens (including phenoxy) is 2. The Labute approximate surface area is 131 Å². The van der Waals surface area contributed by atoms with Gasteiger partial charge in [-0.1, -0.05) is 0 Å². The van der Waals surface area contributed by atoms with Gasteiger partial charge < -0.3 is 14.8 Å². The molecule has 0 aromatic heterocycles. The van der Waals surface area contributed by atoms with Crippen molar-refractivity contribution in [2.75, 3.05) is 19.8 Å². The Morgan fingerprint density at radius 1 is 1.24 bits per heavy atom. The van der Waals surface area contributed by atoms with E-state index in [1.807, 2.05) is 20.8 Å². The molecule has 2 N–H and O–H groups in total. The molecule has 0 unspecified atom stereocenters. The first-order valence-electron chi connectivity index (χ1n) is 6.95. The van der Waals surface area contributed by atoms with Crippen LogP contribution >= 0.6 is 12.2 Å². The van der Waals surface area contributed by atoms with Crippen LogP contribution in [0.4, 0.5) is 0 Å². The molecule has 0 heterocycles. The summed E-state index contributed by atoms with van der Waals surface area (Å²) in [7, 11) is 0. The summed E-state index contributed by atoms with van der Waals surface area (Å²) in [6, 6.07) is 7.07. The quantitative estimate of drug-likeness (QED) is 0.597. The Kier molecular flexibility index (Phi) is 7.71. The SMILES string of the molecule is CCOCCOc1ccc(C(=O)NC(=S)NC(C)C)cc1. The van der Waals surface area contributed by atoms with Gasteiger partial charge in [0.2, 0.25) is 0 Å². The highest BCUT2D eigenvalue weighted by Crippen LogP contribution is 2.12. The zero-order valence-electron chi connectivity index (χ0n) is 12.6. The van der Waals surface area contributed by atoms with Crippen molar-refractivity contribution in [3.63, 3.8) is 0 Å². The Morgan fingerprint density at radius 3 is 2.48 bits per heavy atom. The van der Waals surface area contributed by atoms with Crippen molar-refractivity contribution in [2.45, 2.75) is 26.8 Å². The molecule has 0 aliphatic heterocycles. The number of carbonyl (C=O) groups excluding carboxylic acids is 1. The molecular weight excluding hydrogens is 288 g/mol. The van der Waals surface area contributed by atoms with E-state index in [4.69, 9.17) is 21.7 Å². The molecule has 1 aromatic carbocycles. The molecule has 0 spiro atoms. The third-order valence-corrected chi connectivity index (χ3v) is 2.68. The van der Waals surface area contributed by atoms with Crippen LogP contribution in [0.1, 0.15) is 31.1 Å². The Morgan fingerprint density at radius 2 is 1.90 bits per heavy atom. The van der Waals surface area contributed by atoms with Gasteiger partial charge in [-0.05, 0) is 57.3 Å². The van der Waals surface area contributed by atoms with Crippen molar-refractivity contribution in [3.05, 3.63) is 29.8 Å². The first-order valence-corrected chi connectivity index (χ1v) is 7.36. The standard InChI is InChI=1S/C15H22N2O3S/c1-4-19-9-10-20-13-7-5-12(6-8-13)14(18)17-15(21)16-11(2)3/h5-8,11H,4,9-10H2,1-3H3,(H2,16,17,18,21). The van der Waals surface area contributed by atoms with E-state index in [-0.39, 0.29) is 11.9 Å². The van der Waals surface area contributed by atoms with Crippen molar-refractivity contribution in [1.29, 1.82) is 0 Å². The number of carbonyl (C=O) groups is 1. The van der Waals surface area contributed by atoms with Crippen molar-refractivity contribution >= 4 is 23.2 Å². The Hall–Kier alpha value is -1.66. The average molecular weight is 310 g/mol. The van der Waals surface area contributed by atoms with E-state index in [1.165, 1.54) is 0 Å². The van der Waals surface area contributed by atoms with Crippen LogP contribution in [0.2, 0.25) is 0 Å². The lowest BCUT2D eigenvalue weighted by molar-refractivity contribution is 0.0976. The minimum Gasteiger partial charge on any atom is -0.491 e. The van der Waals surface area contributed by atoms with Gasteiger partial charge in [-0.2, -0.15) is 0 Å². The number of benzene rings is 1. The van der Waals surface area contributed by atoms with E-state index in [9.17, 15) is 4.79 Å². The number of hydrogen-bond acceptors (Lipinski definition) is 4. The molecule has 0 saturated heterocycles. The minimum absolute atomic E-state index is 0.180. The van der Waals surface area contributed by atoms with Gasteiger partial charge in [0.1, 0.15) is 12.4 Å². The van der Waals surface area contributed by atoms with E-state index < -0.39 is 0 Å². The molecule has 6 heteroatoms. The lowest BCUT2D eigenvalue weighted by atomic mass is 10.2. The summed E-state index contributed by atoms with van der Waals surface area (Å²) in [6.45, 7) is 7.55. The number of thiocarbonyl (C=S) groups is 1. The van der Waals surface area contributed by atoms with Crippen LogP contribution in [0.15, 0.2) is 24.3 Å². The molecule has 5 nitrogen and oxygen atoms in total. The fourth-order valence-corrected chi connectivity index (χ4v) is 1.87. The molecule has 0 fully saturated rings. The van der Waals surface area contributed by atoms with Crippen LogP contribution in [0.25, 0.3) is 0 Å². The fraction of sp³-hybridized carbons (Fsp3) is 0.467. The molecule has 1 aromatic rings. The Bertz CT molecular complexity index is 460. The summed E-state index contributed by atoms with van der Waals surface area (Å²) < 4.78 is 10.7. The smallest absolute Gasteiger partial charge is 0.257 e. The summed E-state index contributed by atoms with van der Waals surface area (Å²) in [4.78, 5) is 11.9. The largest absolute Gasteiger partial charge is 0.491 e. The number of nitrogens with one attached hydrogen (secondary N) is 2. The summed E-state index contributed by atoms with van der Waals surface area (Å²) in [5.74, 6) is 0.461. The highest BCUT2D eigenvalue weighted by molar-refractivity contribution is 7.80. The van der Waals surface area contributed by atoms with Crippen molar-refractivity contribution < 1.29 is 14.3 Å². The predicted molar refractivity (Wildman–Crippen MR) is 86.8 cm³/mol. The molecule has 0 aliphatic rings. The average Bonchev–Trinajstić information content (AvgIpc) is 2.43. The highest BCUT2D eigenvalue weighted by atomic mass is 32.1. The predicted octanol–water partition coefficient (Wildman–Crippen LogP) is 2.11. The molecule has 0 saturated carbocycles. The number of amides is 1. The molecular formula is C15H22N2O3S. The molecule has 0 aliphatic carbocycles. The zero-order chi connectivity index (χ0) is 15.7. The fourth-order valence-electron chi connectivity index (χ4n) is 1.54. The van der Waals surface area contributed by atoms with Gasteiger partial charge in [0, 0.05) is 18.2 Å². The molecule has 0 atom stereocenters. The first kappa shape index (κ1) is 17.4. The maximum Gasteiger partial charge on any atom is 0.257 e. The van der Waals surface area contributed by atoms with E-state index in [0.29, 0.717) is 36.2 Å². The Balaban J connectivity index is 2.45. The van der Waals surface area contributed by atoms with Gasteiger partial charge in [0.05, 0.1) is 6.61 Å². The molecule has 0 bridgehead atoms. The molecule has 1 rings (SSSR count). The van der Waals surface area contributed by atoms with Crippen LogP contribution < -0.4 is 15.4 Å².